The number of aromatic nitrogens is 2. The molecule has 2 amide bonds. The molecule has 0 bridgehead atoms. The summed E-state index contributed by atoms with van der Waals surface area (Å²) in [6, 6.07) is 11.8. The molecule has 6 rings (SSSR count). The molecular weight excluding hydrogens is 504 g/mol. The summed E-state index contributed by atoms with van der Waals surface area (Å²) in [4.78, 5) is 30.7. The molecule has 3 aliphatic rings. The fourth-order valence-electron chi connectivity index (χ4n) is 5.77. The Morgan fingerprint density at radius 1 is 1.07 bits per heavy atom. The third kappa shape index (κ3) is 5.70. The van der Waals surface area contributed by atoms with Crippen molar-refractivity contribution in [2.75, 3.05) is 29.9 Å². The topological polar surface area (TPSA) is 91.7 Å². The number of amides is 2. The van der Waals surface area contributed by atoms with Gasteiger partial charge >= 0.3 is 6.09 Å². The number of anilines is 3. The highest BCUT2D eigenvalue weighted by Gasteiger charge is 2.29. The number of fused-ring (bicyclic) bond motifs is 2. The second-order valence-corrected chi connectivity index (χ2v) is 11.5. The van der Waals surface area contributed by atoms with Gasteiger partial charge in [-0.1, -0.05) is 18.2 Å². The predicted molar refractivity (Wildman–Crippen MR) is 155 cm³/mol. The minimum atomic E-state index is -0.380. The second kappa shape index (κ2) is 11.0. The van der Waals surface area contributed by atoms with Crippen LogP contribution in [-0.2, 0) is 24.9 Å². The lowest BCUT2D eigenvalue weighted by Gasteiger charge is -2.31. The zero-order valence-corrected chi connectivity index (χ0v) is 23.6. The summed E-state index contributed by atoms with van der Waals surface area (Å²) in [7, 11) is 1.89. The van der Waals surface area contributed by atoms with Crippen molar-refractivity contribution >= 4 is 29.2 Å². The number of carbonyl (C=O) groups is 2. The highest BCUT2D eigenvalue weighted by molar-refractivity contribution is 6.09. The van der Waals surface area contributed by atoms with Gasteiger partial charge in [-0.2, -0.15) is 5.10 Å². The number of nitrogens with zero attached hydrogens (tertiary/aromatic N) is 4. The van der Waals surface area contributed by atoms with Crippen LogP contribution < -0.4 is 15.5 Å². The van der Waals surface area contributed by atoms with Crippen LogP contribution in [-0.4, -0.2) is 52.4 Å². The van der Waals surface area contributed by atoms with Crippen molar-refractivity contribution in [3.05, 3.63) is 70.4 Å². The van der Waals surface area contributed by atoms with E-state index in [1.54, 1.807) is 10.9 Å². The smallest absolute Gasteiger partial charge is 0.407 e. The maximum Gasteiger partial charge on any atom is 0.407 e. The number of likely N-dealkylation sites (tertiary alicyclic amines) is 1. The third-order valence-electron chi connectivity index (χ3n) is 8.26. The largest absolute Gasteiger partial charge is 0.446 e. The lowest BCUT2D eigenvalue weighted by atomic mass is 10.0. The lowest BCUT2D eigenvalue weighted by Crippen LogP contribution is -2.40. The van der Waals surface area contributed by atoms with E-state index < -0.39 is 0 Å². The molecule has 9 heteroatoms. The van der Waals surface area contributed by atoms with E-state index in [4.69, 9.17) is 4.74 Å². The van der Waals surface area contributed by atoms with Crippen molar-refractivity contribution in [2.24, 2.45) is 13.0 Å². The Labute approximate surface area is 235 Å². The van der Waals surface area contributed by atoms with Crippen LogP contribution in [0.25, 0.3) is 0 Å². The SMILES string of the molecule is Cc1ccc2c(c1)Nc1c(cnn1C)CN2C(=O)c1ccc(CNC(=O)OC2CCN(CC3CC3)CC2)cc1C. The van der Waals surface area contributed by atoms with Crippen molar-refractivity contribution in [1.29, 1.82) is 0 Å². The van der Waals surface area contributed by atoms with E-state index in [0.717, 1.165) is 71.3 Å². The second-order valence-electron chi connectivity index (χ2n) is 11.5. The van der Waals surface area contributed by atoms with Crippen LogP contribution in [0.1, 0.15) is 58.3 Å². The van der Waals surface area contributed by atoms with Gasteiger partial charge in [0, 0.05) is 44.4 Å². The molecule has 3 heterocycles. The highest BCUT2D eigenvalue weighted by Crippen LogP contribution is 2.37. The van der Waals surface area contributed by atoms with Gasteiger partial charge in [-0.3, -0.25) is 9.48 Å². The van der Waals surface area contributed by atoms with Crippen LogP contribution in [0.5, 0.6) is 0 Å². The average Bonchev–Trinajstić information content (AvgIpc) is 3.72. The molecule has 3 aromatic rings. The Bertz CT molecular complexity index is 1420. The van der Waals surface area contributed by atoms with E-state index in [9.17, 15) is 9.59 Å². The minimum Gasteiger partial charge on any atom is -0.446 e. The van der Waals surface area contributed by atoms with E-state index in [-0.39, 0.29) is 18.1 Å². The fraction of sp³-hybridized carbons (Fsp3) is 0.452. The number of ether oxygens (including phenoxy) is 1. The van der Waals surface area contributed by atoms with E-state index in [1.807, 2.05) is 56.1 Å². The Balaban J connectivity index is 1.09. The number of alkyl carbamates (subject to hydrolysis) is 1. The number of nitrogens with one attached hydrogen (secondary N) is 2. The quantitative estimate of drug-likeness (QED) is 0.454. The monoisotopic (exact) mass is 542 g/mol. The maximum atomic E-state index is 13.9. The first-order valence-corrected chi connectivity index (χ1v) is 14.3. The van der Waals surface area contributed by atoms with Crippen LogP contribution in [0.2, 0.25) is 0 Å². The molecule has 2 fully saturated rings. The first-order chi connectivity index (χ1) is 19.3. The third-order valence-corrected chi connectivity index (χ3v) is 8.26. The Hall–Kier alpha value is -3.85. The first-order valence-electron chi connectivity index (χ1n) is 14.3. The van der Waals surface area contributed by atoms with Crippen molar-refractivity contribution in [3.8, 4) is 0 Å². The zero-order valence-electron chi connectivity index (χ0n) is 23.6. The summed E-state index contributed by atoms with van der Waals surface area (Å²) in [5, 5.41) is 10.8. The van der Waals surface area contributed by atoms with Crippen molar-refractivity contribution < 1.29 is 14.3 Å². The number of benzene rings is 2. The van der Waals surface area contributed by atoms with Gasteiger partial charge in [0.25, 0.3) is 5.91 Å². The molecule has 1 saturated carbocycles. The van der Waals surface area contributed by atoms with Crippen molar-refractivity contribution in [1.82, 2.24) is 20.0 Å². The lowest BCUT2D eigenvalue weighted by molar-refractivity contribution is 0.0493. The average molecular weight is 543 g/mol. The number of rotatable bonds is 6. The number of carbonyl (C=O) groups excluding carboxylic acids is 2. The first kappa shape index (κ1) is 26.4. The maximum absolute atomic E-state index is 13.9. The molecule has 2 aromatic carbocycles. The van der Waals surface area contributed by atoms with Crippen LogP contribution in [0.3, 0.4) is 0 Å². The molecule has 0 radical (unpaired) electrons. The van der Waals surface area contributed by atoms with Gasteiger partial charge in [-0.25, -0.2) is 4.79 Å². The standard InChI is InChI=1S/C31H38N6O3/c1-20-4-9-28-27(14-20)34-29-24(17-33-35(29)3)19-37(28)30(38)26-8-7-23(15-21(26)2)16-32-31(39)40-25-10-12-36(13-11-25)18-22-5-6-22/h4,7-9,14-15,17,22,25,34H,5-6,10-13,16,18-19H2,1-3H3,(H,32,39). The molecule has 1 aromatic heterocycles. The fourth-order valence-corrected chi connectivity index (χ4v) is 5.77. The molecule has 2 N–H and O–H groups in total. The number of aryl methyl sites for hydroxylation is 3. The van der Waals surface area contributed by atoms with Gasteiger partial charge in [0.2, 0.25) is 0 Å². The molecule has 1 aliphatic carbocycles. The molecule has 0 atom stereocenters. The van der Waals surface area contributed by atoms with Gasteiger partial charge < -0.3 is 25.2 Å². The molecule has 210 valence electrons. The molecular formula is C31H38N6O3. The van der Waals surface area contributed by atoms with E-state index in [1.165, 1.54) is 19.4 Å². The van der Waals surface area contributed by atoms with Crippen molar-refractivity contribution in [3.63, 3.8) is 0 Å². The molecule has 0 spiro atoms. The zero-order chi connectivity index (χ0) is 27.8. The van der Waals surface area contributed by atoms with Crippen molar-refractivity contribution in [2.45, 2.75) is 58.7 Å². The molecule has 40 heavy (non-hydrogen) atoms. The number of piperidine rings is 1. The van der Waals surface area contributed by atoms with Gasteiger partial charge in [0.05, 0.1) is 24.1 Å². The van der Waals surface area contributed by atoms with Crippen LogP contribution >= 0.6 is 0 Å². The minimum absolute atomic E-state index is 0.0210. The molecule has 1 saturated heterocycles. The van der Waals surface area contributed by atoms with Crippen LogP contribution in [0.15, 0.2) is 42.6 Å². The molecule has 2 aliphatic heterocycles. The number of hydrogen-bond acceptors (Lipinski definition) is 6. The normalized spacial score (nSPS) is 17.4. The summed E-state index contributed by atoms with van der Waals surface area (Å²) in [5.74, 6) is 1.70. The summed E-state index contributed by atoms with van der Waals surface area (Å²) in [6.45, 7) is 7.94. The molecule has 0 unspecified atom stereocenters. The van der Waals surface area contributed by atoms with E-state index >= 15 is 0 Å². The molecule has 9 nitrogen and oxygen atoms in total. The summed E-state index contributed by atoms with van der Waals surface area (Å²) >= 11 is 0. The number of hydrogen-bond donors (Lipinski definition) is 2. The van der Waals surface area contributed by atoms with Gasteiger partial charge in [-0.15, -0.1) is 0 Å². The van der Waals surface area contributed by atoms with E-state index in [2.05, 4.69) is 26.7 Å². The van der Waals surface area contributed by atoms with Gasteiger partial charge in [0.15, 0.2) is 0 Å². The van der Waals surface area contributed by atoms with E-state index in [0.29, 0.717) is 18.7 Å². The van der Waals surface area contributed by atoms with Gasteiger partial charge in [-0.05, 0) is 80.3 Å². The summed E-state index contributed by atoms with van der Waals surface area (Å²) in [5.41, 5.74) is 6.18. The summed E-state index contributed by atoms with van der Waals surface area (Å²) < 4.78 is 7.48. The Morgan fingerprint density at radius 3 is 2.62 bits per heavy atom. The van der Waals surface area contributed by atoms with Gasteiger partial charge in [0.1, 0.15) is 11.9 Å². The van der Waals surface area contributed by atoms with Crippen LogP contribution in [0.4, 0.5) is 22.0 Å². The Morgan fingerprint density at radius 2 is 1.88 bits per heavy atom. The summed E-state index contributed by atoms with van der Waals surface area (Å²) in [6.07, 6.45) is 5.92. The highest BCUT2D eigenvalue weighted by atomic mass is 16.6. The Kier molecular flexibility index (Phi) is 7.23. The van der Waals surface area contributed by atoms with Crippen LogP contribution in [0, 0.1) is 19.8 Å². The predicted octanol–water partition coefficient (Wildman–Crippen LogP) is 5.04.